The molecule has 0 radical (unpaired) electrons. The Hall–Kier alpha value is -4.07. The number of rotatable bonds is 5. The Bertz CT molecular complexity index is 1530. The fourth-order valence-electron chi connectivity index (χ4n) is 4.48. The van der Waals surface area contributed by atoms with Crippen molar-refractivity contribution in [2.45, 2.75) is 0 Å². The van der Waals surface area contributed by atoms with Gasteiger partial charge in [0, 0.05) is 53.6 Å². The van der Waals surface area contributed by atoms with Crippen LogP contribution in [0.4, 0.5) is 5.69 Å². The number of phenols is 1. The largest absolute Gasteiger partial charge is 0.506 e. The fourth-order valence-corrected chi connectivity index (χ4v) is 4.79. The molecule has 0 atom stereocenters. The third kappa shape index (κ3) is 5.44. The van der Waals surface area contributed by atoms with Crippen LogP contribution in [0.2, 0.25) is 10.0 Å². The standard InChI is InChI=1S/C29H24Cl2N4O3/c30-21-7-9-22(10-8-21)34-13-15-35(16-14-34)29(38)25-11-5-20(23-3-1-2-4-24(23)25)18-32-33-28(37)19-6-12-27(36)26(31)17-19/h1-12,17-18,36H,13-16H2,(H,33,37)/b32-18+. The van der Waals surface area contributed by atoms with Crippen molar-refractivity contribution >= 4 is 57.7 Å². The predicted octanol–water partition coefficient (Wildman–Crippen LogP) is 5.58. The van der Waals surface area contributed by atoms with Gasteiger partial charge in [-0.2, -0.15) is 5.10 Å². The zero-order valence-electron chi connectivity index (χ0n) is 20.3. The predicted molar refractivity (Wildman–Crippen MR) is 152 cm³/mol. The van der Waals surface area contributed by atoms with E-state index in [1.165, 1.54) is 18.2 Å². The van der Waals surface area contributed by atoms with E-state index in [-0.39, 0.29) is 22.2 Å². The van der Waals surface area contributed by atoms with Crippen molar-refractivity contribution in [3.63, 3.8) is 0 Å². The average Bonchev–Trinajstić information content (AvgIpc) is 2.94. The lowest BCUT2D eigenvalue weighted by Crippen LogP contribution is -2.48. The number of aromatic hydroxyl groups is 1. The zero-order valence-corrected chi connectivity index (χ0v) is 21.8. The van der Waals surface area contributed by atoms with E-state index < -0.39 is 5.91 Å². The van der Waals surface area contributed by atoms with E-state index in [1.54, 1.807) is 12.3 Å². The normalized spacial score (nSPS) is 13.7. The smallest absolute Gasteiger partial charge is 0.271 e. The number of hydrazone groups is 1. The molecule has 0 aromatic heterocycles. The maximum absolute atomic E-state index is 13.5. The van der Waals surface area contributed by atoms with Crippen LogP contribution >= 0.6 is 23.2 Å². The van der Waals surface area contributed by atoms with E-state index in [0.717, 1.165) is 35.1 Å². The molecule has 0 bridgehead atoms. The third-order valence-corrected chi connectivity index (χ3v) is 7.08. The summed E-state index contributed by atoms with van der Waals surface area (Å²) in [6, 6.07) is 23.2. The lowest BCUT2D eigenvalue weighted by molar-refractivity contribution is 0.0748. The molecule has 1 heterocycles. The summed E-state index contributed by atoms with van der Waals surface area (Å²) in [5.74, 6) is -0.578. The first-order chi connectivity index (χ1) is 18.4. The summed E-state index contributed by atoms with van der Waals surface area (Å²) in [5.41, 5.74) is 5.22. The topological polar surface area (TPSA) is 85.2 Å². The summed E-state index contributed by atoms with van der Waals surface area (Å²) in [6.07, 6.45) is 1.54. The van der Waals surface area contributed by atoms with E-state index in [1.807, 2.05) is 59.5 Å². The van der Waals surface area contributed by atoms with E-state index in [2.05, 4.69) is 15.4 Å². The minimum absolute atomic E-state index is 0.0158. The van der Waals surface area contributed by atoms with Gasteiger partial charge in [0.1, 0.15) is 5.75 Å². The van der Waals surface area contributed by atoms with Gasteiger partial charge >= 0.3 is 0 Å². The Kier molecular flexibility index (Phi) is 7.49. The van der Waals surface area contributed by atoms with Crippen LogP contribution in [0.3, 0.4) is 0 Å². The molecular formula is C29H24Cl2N4O3. The Morgan fingerprint density at radius 3 is 2.29 bits per heavy atom. The first-order valence-electron chi connectivity index (χ1n) is 12.0. The van der Waals surface area contributed by atoms with Gasteiger partial charge in [-0.1, -0.05) is 53.5 Å². The summed E-state index contributed by atoms with van der Waals surface area (Å²) < 4.78 is 0. The number of benzene rings is 4. The Morgan fingerprint density at radius 1 is 0.868 bits per heavy atom. The molecule has 2 N–H and O–H groups in total. The minimum atomic E-state index is -0.461. The van der Waals surface area contributed by atoms with Crippen LogP contribution in [-0.4, -0.2) is 54.2 Å². The van der Waals surface area contributed by atoms with Crippen LogP contribution in [0.15, 0.2) is 84.0 Å². The van der Waals surface area contributed by atoms with Crippen LogP contribution in [0, 0.1) is 0 Å². The van der Waals surface area contributed by atoms with E-state index in [4.69, 9.17) is 23.2 Å². The molecule has 9 heteroatoms. The number of carbonyl (C=O) groups excluding carboxylic acids is 2. The number of hydrogen-bond donors (Lipinski definition) is 2. The summed E-state index contributed by atoms with van der Waals surface area (Å²) in [5, 5.41) is 16.1. The number of piperazine rings is 1. The van der Waals surface area contributed by atoms with Gasteiger partial charge in [0.15, 0.2) is 0 Å². The van der Waals surface area contributed by atoms with Gasteiger partial charge in [-0.25, -0.2) is 5.43 Å². The highest BCUT2D eigenvalue weighted by molar-refractivity contribution is 6.32. The number of nitrogens with one attached hydrogen (secondary N) is 1. The monoisotopic (exact) mass is 546 g/mol. The van der Waals surface area contributed by atoms with Crippen molar-refractivity contribution < 1.29 is 14.7 Å². The molecule has 7 nitrogen and oxygen atoms in total. The van der Waals surface area contributed by atoms with Gasteiger partial charge in [0.2, 0.25) is 0 Å². The van der Waals surface area contributed by atoms with Crippen LogP contribution in [0.5, 0.6) is 5.75 Å². The fraction of sp³-hybridized carbons (Fsp3) is 0.138. The lowest BCUT2D eigenvalue weighted by atomic mass is 9.99. The summed E-state index contributed by atoms with van der Waals surface area (Å²) in [4.78, 5) is 30.0. The van der Waals surface area contributed by atoms with Crippen molar-refractivity contribution in [2.24, 2.45) is 5.10 Å². The van der Waals surface area contributed by atoms with Gasteiger partial charge in [-0.15, -0.1) is 0 Å². The molecular weight excluding hydrogens is 523 g/mol. The zero-order chi connectivity index (χ0) is 26.6. The molecule has 0 spiro atoms. The number of amides is 2. The number of anilines is 1. The molecule has 1 aliphatic rings. The Labute approximate surface area is 229 Å². The maximum atomic E-state index is 13.5. The maximum Gasteiger partial charge on any atom is 0.271 e. The molecule has 4 aromatic rings. The molecule has 4 aromatic carbocycles. The van der Waals surface area contributed by atoms with E-state index in [0.29, 0.717) is 23.7 Å². The van der Waals surface area contributed by atoms with Crippen molar-refractivity contribution in [3.05, 3.63) is 106 Å². The molecule has 5 rings (SSSR count). The van der Waals surface area contributed by atoms with Crippen LogP contribution in [0.25, 0.3) is 10.8 Å². The van der Waals surface area contributed by atoms with Crippen molar-refractivity contribution in [3.8, 4) is 5.75 Å². The highest BCUT2D eigenvalue weighted by atomic mass is 35.5. The molecule has 1 fully saturated rings. The number of halogens is 2. The molecule has 2 amide bonds. The highest BCUT2D eigenvalue weighted by Gasteiger charge is 2.24. The molecule has 1 aliphatic heterocycles. The second-order valence-corrected chi connectivity index (χ2v) is 9.71. The number of phenolic OH excluding ortho intramolecular Hbond substituents is 1. The van der Waals surface area contributed by atoms with Gasteiger partial charge in [0.05, 0.1) is 11.2 Å². The molecule has 0 saturated carbocycles. The second kappa shape index (κ2) is 11.1. The summed E-state index contributed by atoms with van der Waals surface area (Å²) >= 11 is 11.9. The van der Waals surface area contributed by atoms with Gasteiger partial charge in [-0.05, 0) is 59.3 Å². The molecule has 192 valence electrons. The van der Waals surface area contributed by atoms with Crippen molar-refractivity contribution in [1.29, 1.82) is 0 Å². The Morgan fingerprint density at radius 2 is 1.58 bits per heavy atom. The number of nitrogens with zero attached hydrogens (tertiary/aromatic N) is 3. The molecule has 0 aliphatic carbocycles. The number of carbonyl (C=O) groups is 2. The quantitative estimate of drug-likeness (QED) is 0.253. The van der Waals surface area contributed by atoms with E-state index in [9.17, 15) is 14.7 Å². The average molecular weight is 547 g/mol. The number of fused-ring (bicyclic) bond motifs is 1. The highest BCUT2D eigenvalue weighted by Crippen LogP contribution is 2.26. The van der Waals surface area contributed by atoms with Crippen molar-refractivity contribution in [1.82, 2.24) is 10.3 Å². The second-order valence-electron chi connectivity index (χ2n) is 8.87. The SMILES string of the molecule is O=C(N/N=C/c1ccc(C(=O)N2CCN(c3ccc(Cl)cc3)CC2)c2ccccc12)c1ccc(O)c(Cl)c1. The van der Waals surface area contributed by atoms with Gasteiger partial charge < -0.3 is 14.9 Å². The van der Waals surface area contributed by atoms with Gasteiger partial charge in [0.25, 0.3) is 11.8 Å². The first-order valence-corrected chi connectivity index (χ1v) is 12.8. The van der Waals surface area contributed by atoms with Gasteiger partial charge in [-0.3, -0.25) is 9.59 Å². The molecule has 38 heavy (non-hydrogen) atoms. The molecule has 0 unspecified atom stereocenters. The Balaban J connectivity index is 1.30. The minimum Gasteiger partial charge on any atom is -0.506 e. The van der Waals surface area contributed by atoms with Crippen LogP contribution in [0.1, 0.15) is 26.3 Å². The van der Waals surface area contributed by atoms with Crippen molar-refractivity contribution in [2.75, 3.05) is 31.1 Å². The third-order valence-electron chi connectivity index (χ3n) is 6.53. The lowest BCUT2D eigenvalue weighted by Gasteiger charge is -2.36. The van der Waals surface area contributed by atoms with Crippen LogP contribution < -0.4 is 10.3 Å². The van der Waals surface area contributed by atoms with Crippen LogP contribution in [-0.2, 0) is 0 Å². The van der Waals surface area contributed by atoms with E-state index >= 15 is 0 Å². The molecule has 1 saturated heterocycles. The first kappa shape index (κ1) is 25.6. The summed E-state index contributed by atoms with van der Waals surface area (Å²) in [6.45, 7) is 2.71. The number of hydrogen-bond acceptors (Lipinski definition) is 5. The summed E-state index contributed by atoms with van der Waals surface area (Å²) in [7, 11) is 0.